The van der Waals surface area contributed by atoms with Crippen LogP contribution in [-0.2, 0) is 0 Å². The zero-order valence-corrected chi connectivity index (χ0v) is 13.7. The molecule has 0 heterocycles. The Morgan fingerprint density at radius 3 is 2.43 bits per heavy atom. The third kappa shape index (κ3) is 3.87. The number of rotatable bonds is 4. The molecule has 0 N–H and O–H groups in total. The van der Waals surface area contributed by atoms with Crippen LogP contribution in [0.25, 0.3) is 0 Å². The summed E-state index contributed by atoms with van der Waals surface area (Å²) in [6.45, 7) is 1.76. The minimum absolute atomic E-state index is 0.0393. The van der Waals surface area contributed by atoms with Gasteiger partial charge in [-0.2, -0.15) is 0 Å². The molecule has 2 aromatic rings. The van der Waals surface area contributed by atoms with Gasteiger partial charge in [-0.25, -0.2) is 4.39 Å². The van der Waals surface area contributed by atoms with Gasteiger partial charge in [0.15, 0.2) is 0 Å². The van der Waals surface area contributed by atoms with E-state index in [4.69, 9.17) is 0 Å². The second kappa shape index (κ2) is 6.78. The van der Waals surface area contributed by atoms with Crippen molar-refractivity contribution in [1.29, 1.82) is 0 Å². The number of benzene rings is 2. The van der Waals surface area contributed by atoms with Gasteiger partial charge in [0.2, 0.25) is 0 Å². The Kier molecular flexibility index (Phi) is 5.00. The molecule has 0 unspecified atom stereocenters. The summed E-state index contributed by atoms with van der Waals surface area (Å²) in [6, 6.07) is 8.69. The minimum Gasteiger partial charge on any atom is -0.345 e. The standard InChI is InChI=1S/C16H15FN2O3S/c1-10-4-6-15(13(8-10)19(21)22)23-14-7-5-11(17)9-12(14)16(20)18(2)3/h4-9H,1-3H3. The molecule has 0 saturated heterocycles. The molecule has 23 heavy (non-hydrogen) atoms. The molecule has 2 aromatic carbocycles. The van der Waals surface area contributed by atoms with Crippen LogP contribution in [0.5, 0.6) is 0 Å². The normalized spacial score (nSPS) is 10.4. The maximum Gasteiger partial charge on any atom is 0.283 e. The highest BCUT2D eigenvalue weighted by Gasteiger charge is 2.20. The molecule has 0 bridgehead atoms. The number of carbonyl (C=O) groups is 1. The van der Waals surface area contributed by atoms with Gasteiger partial charge in [-0.3, -0.25) is 14.9 Å². The number of nitro groups is 1. The molecule has 0 aliphatic rings. The van der Waals surface area contributed by atoms with Crippen LogP contribution in [0.1, 0.15) is 15.9 Å². The van der Waals surface area contributed by atoms with E-state index in [1.54, 1.807) is 33.2 Å². The summed E-state index contributed by atoms with van der Waals surface area (Å²) in [5, 5.41) is 11.2. The van der Waals surface area contributed by atoms with E-state index in [0.717, 1.165) is 23.4 Å². The van der Waals surface area contributed by atoms with Crippen LogP contribution < -0.4 is 0 Å². The average molecular weight is 334 g/mol. The zero-order chi connectivity index (χ0) is 17.1. The molecule has 0 atom stereocenters. The summed E-state index contributed by atoms with van der Waals surface area (Å²) in [5.41, 5.74) is 0.905. The van der Waals surface area contributed by atoms with Crippen molar-refractivity contribution >= 4 is 23.4 Å². The Morgan fingerprint density at radius 1 is 1.17 bits per heavy atom. The van der Waals surface area contributed by atoms with E-state index < -0.39 is 10.7 Å². The SMILES string of the molecule is Cc1ccc(Sc2ccc(F)cc2C(=O)N(C)C)c([N+](=O)[O-])c1. The minimum atomic E-state index is -0.530. The molecule has 1 amide bonds. The summed E-state index contributed by atoms with van der Waals surface area (Å²) in [5.74, 6) is -0.889. The molecule has 7 heteroatoms. The molecule has 2 rings (SSSR count). The fourth-order valence-electron chi connectivity index (χ4n) is 1.97. The number of hydrogen-bond donors (Lipinski definition) is 0. The van der Waals surface area contributed by atoms with E-state index in [0.29, 0.717) is 9.79 Å². The van der Waals surface area contributed by atoms with Gasteiger partial charge in [0, 0.05) is 25.1 Å². The van der Waals surface area contributed by atoms with Crippen molar-refractivity contribution in [2.75, 3.05) is 14.1 Å². The van der Waals surface area contributed by atoms with Gasteiger partial charge in [-0.05, 0) is 36.8 Å². The van der Waals surface area contributed by atoms with Crippen LogP contribution in [0, 0.1) is 22.9 Å². The van der Waals surface area contributed by atoms with Crippen LogP contribution in [0.3, 0.4) is 0 Å². The Bertz CT molecular complexity index is 778. The number of hydrogen-bond acceptors (Lipinski definition) is 4. The van der Waals surface area contributed by atoms with Gasteiger partial charge in [0.1, 0.15) is 5.82 Å². The van der Waals surface area contributed by atoms with Crippen LogP contribution >= 0.6 is 11.8 Å². The van der Waals surface area contributed by atoms with Crippen molar-refractivity contribution < 1.29 is 14.1 Å². The Hall–Kier alpha value is -2.41. The maximum atomic E-state index is 13.5. The van der Waals surface area contributed by atoms with Gasteiger partial charge in [-0.15, -0.1) is 0 Å². The summed E-state index contributed by atoms with van der Waals surface area (Å²) < 4.78 is 13.5. The topological polar surface area (TPSA) is 63.5 Å². The van der Waals surface area contributed by atoms with Crippen molar-refractivity contribution in [2.45, 2.75) is 16.7 Å². The zero-order valence-electron chi connectivity index (χ0n) is 12.9. The number of halogens is 1. The Morgan fingerprint density at radius 2 is 1.83 bits per heavy atom. The molecule has 0 aromatic heterocycles. The monoisotopic (exact) mass is 334 g/mol. The molecular weight excluding hydrogens is 319 g/mol. The average Bonchev–Trinajstić information content (AvgIpc) is 2.49. The van der Waals surface area contributed by atoms with E-state index in [-0.39, 0.29) is 17.2 Å². The highest BCUT2D eigenvalue weighted by molar-refractivity contribution is 7.99. The van der Waals surface area contributed by atoms with E-state index >= 15 is 0 Å². The Balaban J connectivity index is 2.49. The highest BCUT2D eigenvalue weighted by atomic mass is 32.2. The molecule has 0 saturated carbocycles. The fourth-order valence-corrected chi connectivity index (χ4v) is 2.98. The van der Waals surface area contributed by atoms with Crippen LogP contribution in [-0.4, -0.2) is 29.8 Å². The smallest absolute Gasteiger partial charge is 0.283 e. The van der Waals surface area contributed by atoms with Crippen LogP contribution in [0.2, 0.25) is 0 Å². The molecule has 5 nitrogen and oxygen atoms in total. The number of amides is 1. The molecule has 120 valence electrons. The first kappa shape index (κ1) is 17.0. The number of nitro benzene ring substituents is 1. The molecular formula is C16H15FN2O3S. The first-order valence-electron chi connectivity index (χ1n) is 6.73. The Labute approximate surface area is 137 Å². The molecule has 0 radical (unpaired) electrons. The third-order valence-corrected chi connectivity index (χ3v) is 4.25. The lowest BCUT2D eigenvalue weighted by molar-refractivity contribution is -0.387. The lowest BCUT2D eigenvalue weighted by Crippen LogP contribution is -2.22. The van der Waals surface area contributed by atoms with Crippen molar-refractivity contribution in [1.82, 2.24) is 4.90 Å². The predicted octanol–water partition coefficient (Wildman–Crippen LogP) is 3.90. The predicted molar refractivity (Wildman–Crippen MR) is 86.4 cm³/mol. The lowest BCUT2D eigenvalue weighted by Gasteiger charge is -2.14. The van der Waals surface area contributed by atoms with E-state index in [2.05, 4.69) is 0 Å². The van der Waals surface area contributed by atoms with Crippen LogP contribution in [0.4, 0.5) is 10.1 Å². The number of nitrogens with zero attached hydrogens (tertiary/aromatic N) is 2. The van der Waals surface area contributed by atoms with Crippen molar-refractivity contribution in [3.05, 3.63) is 63.5 Å². The summed E-state index contributed by atoms with van der Waals surface area (Å²) in [6.07, 6.45) is 0. The van der Waals surface area contributed by atoms with Crippen molar-refractivity contribution in [3.8, 4) is 0 Å². The largest absolute Gasteiger partial charge is 0.345 e. The molecule has 0 aliphatic carbocycles. The third-order valence-electron chi connectivity index (χ3n) is 3.11. The second-order valence-corrected chi connectivity index (χ2v) is 6.25. The highest BCUT2D eigenvalue weighted by Crippen LogP contribution is 2.37. The number of aryl methyl sites for hydroxylation is 1. The summed E-state index contributed by atoms with van der Waals surface area (Å²) >= 11 is 1.08. The lowest BCUT2D eigenvalue weighted by atomic mass is 10.2. The van der Waals surface area contributed by atoms with Gasteiger partial charge in [-0.1, -0.05) is 17.8 Å². The van der Waals surface area contributed by atoms with Crippen LogP contribution in [0.15, 0.2) is 46.2 Å². The van der Waals surface area contributed by atoms with E-state index in [9.17, 15) is 19.3 Å². The molecule has 0 aliphatic heterocycles. The number of carbonyl (C=O) groups excluding carboxylic acids is 1. The molecule has 0 spiro atoms. The first-order valence-corrected chi connectivity index (χ1v) is 7.55. The van der Waals surface area contributed by atoms with Gasteiger partial charge >= 0.3 is 0 Å². The van der Waals surface area contributed by atoms with E-state index in [1.165, 1.54) is 23.1 Å². The van der Waals surface area contributed by atoms with Gasteiger partial charge in [0.05, 0.1) is 15.4 Å². The first-order chi connectivity index (χ1) is 10.8. The molecule has 0 fully saturated rings. The van der Waals surface area contributed by atoms with Gasteiger partial charge in [0.25, 0.3) is 11.6 Å². The summed E-state index contributed by atoms with van der Waals surface area (Å²) in [7, 11) is 3.13. The summed E-state index contributed by atoms with van der Waals surface area (Å²) in [4.78, 5) is 25.1. The quantitative estimate of drug-likeness (QED) is 0.628. The fraction of sp³-hybridized carbons (Fsp3) is 0.188. The van der Waals surface area contributed by atoms with Crippen molar-refractivity contribution in [2.24, 2.45) is 0 Å². The van der Waals surface area contributed by atoms with E-state index in [1.807, 2.05) is 0 Å². The van der Waals surface area contributed by atoms with Crippen molar-refractivity contribution in [3.63, 3.8) is 0 Å². The van der Waals surface area contributed by atoms with Gasteiger partial charge < -0.3 is 4.90 Å². The second-order valence-electron chi connectivity index (χ2n) is 5.17. The maximum absolute atomic E-state index is 13.5.